The molecule has 0 atom stereocenters. The molecule has 0 aliphatic carbocycles. The molecule has 0 spiro atoms. The van der Waals surface area contributed by atoms with Gasteiger partial charge in [0.15, 0.2) is 5.82 Å². The number of rotatable bonds is 3. The molecule has 3 rings (SSSR count). The predicted octanol–water partition coefficient (Wildman–Crippen LogP) is 2.99. The summed E-state index contributed by atoms with van der Waals surface area (Å²) in [5.74, 6) is 2.07. The Morgan fingerprint density at radius 1 is 1.32 bits per heavy atom. The maximum Gasteiger partial charge on any atom is 0.255 e. The Morgan fingerprint density at radius 2 is 2.09 bits per heavy atom. The van der Waals surface area contributed by atoms with Crippen molar-refractivity contribution >= 4 is 17.4 Å². The van der Waals surface area contributed by atoms with Crippen molar-refractivity contribution in [2.24, 2.45) is 5.92 Å². The van der Waals surface area contributed by atoms with Gasteiger partial charge in [-0.05, 0) is 31.7 Å². The van der Waals surface area contributed by atoms with Crippen LogP contribution in [0.25, 0.3) is 0 Å². The lowest BCUT2D eigenvalue weighted by Crippen LogP contribution is -2.37. The van der Waals surface area contributed by atoms with Gasteiger partial charge in [0.1, 0.15) is 5.76 Å². The standard InChI is InChI=1S/C16H20N4O2/c1-11-3-5-20(6-4-11)16(21)13-8-14(10-17-9-13)18-15-7-12(2)22-19-15/h7-11H,3-6H2,1-2H3,(H,18,19). The molecule has 0 unspecified atom stereocenters. The summed E-state index contributed by atoms with van der Waals surface area (Å²) in [5.41, 5.74) is 1.32. The summed E-state index contributed by atoms with van der Waals surface area (Å²) in [6.07, 6.45) is 5.41. The normalized spacial score (nSPS) is 15.8. The van der Waals surface area contributed by atoms with Gasteiger partial charge in [-0.2, -0.15) is 0 Å². The fourth-order valence-corrected chi connectivity index (χ4v) is 2.59. The fourth-order valence-electron chi connectivity index (χ4n) is 2.59. The molecule has 1 N–H and O–H groups in total. The molecule has 1 aliphatic heterocycles. The van der Waals surface area contributed by atoms with Crippen molar-refractivity contribution in [3.05, 3.63) is 35.9 Å². The molecule has 1 amide bonds. The number of piperidine rings is 1. The summed E-state index contributed by atoms with van der Waals surface area (Å²) in [6, 6.07) is 3.60. The lowest BCUT2D eigenvalue weighted by atomic mass is 9.99. The van der Waals surface area contributed by atoms with Crippen molar-refractivity contribution in [3.8, 4) is 0 Å². The summed E-state index contributed by atoms with van der Waals surface area (Å²) in [6.45, 7) is 5.70. The zero-order valence-corrected chi connectivity index (χ0v) is 12.9. The van der Waals surface area contributed by atoms with Crippen molar-refractivity contribution in [2.75, 3.05) is 18.4 Å². The number of pyridine rings is 1. The number of nitrogens with zero attached hydrogens (tertiary/aromatic N) is 3. The topological polar surface area (TPSA) is 71.3 Å². The molecular formula is C16H20N4O2. The van der Waals surface area contributed by atoms with Gasteiger partial charge in [-0.25, -0.2) is 0 Å². The molecule has 0 radical (unpaired) electrons. The van der Waals surface area contributed by atoms with Crippen LogP contribution in [0.4, 0.5) is 11.5 Å². The van der Waals surface area contributed by atoms with E-state index in [1.165, 1.54) is 0 Å². The van der Waals surface area contributed by atoms with E-state index in [1.54, 1.807) is 24.5 Å². The second-order valence-corrected chi connectivity index (χ2v) is 5.88. The van der Waals surface area contributed by atoms with E-state index in [9.17, 15) is 4.79 Å². The van der Waals surface area contributed by atoms with Gasteiger partial charge in [-0.1, -0.05) is 12.1 Å². The maximum absolute atomic E-state index is 12.5. The molecule has 116 valence electrons. The Balaban J connectivity index is 1.71. The van der Waals surface area contributed by atoms with Crippen LogP contribution >= 0.6 is 0 Å². The Morgan fingerprint density at radius 3 is 2.77 bits per heavy atom. The maximum atomic E-state index is 12.5. The number of amides is 1. The lowest BCUT2D eigenvalue weighted by molar-refractivity contribution is 0.0697. The van der Waals surface area contributed by atoms with Crippen LogP contribution in [0.15, 0.2) is 29.0 Å². The predicted molar refractivity (Wildman–Crippen MR) is 83.1 cm³/mol. The second kappa shape index (κ2) is 6.17. The summed E-state index contributed by atoms with van der Waals surface area (Å²) in [7, 11) is 0. The van der Waals surface area contributed by atoms with Crippen LogP contribution in [-0.4, -0.2) is 34.0 Å². The number of carbonyl (C=O) groups excluding carboxylic acids is 1. The third-order valence-electron chi connectivity index (χ3n) is 3.96. The first-order chi connectivity index (χ1) is 10.6. The Bertz CT molecular complexity index is 660. The quantitative estimate of drug-likeness (QED) is 0.943. The Hall–Kier alpha value is -2.37. The highest BCUT2D eigenvalue weighted by Crippen LogP contribution is 2.20. The summed E-state index contributed by atoms with van der Waals surface area (Å²) in [4.78, 5) is 18.6. The molecule has 1 saturated heterocycles. The van der Waals surface area contributed by atoms with Gasteiger partial charge in [0, 0.05) is 25.4 Å². The van der Waals surface area contributed by atoms with Crippen molar-refractivity contribution in [1.29, 1.82) is 0 Å². The first-order valence-electron chi connectivity index (χ1n) is 7.56. The number of anilines is 2. The number of carbonyl (C=O) groups is 1. The van der Waals surface area contributed by atoms with Crippen LogP contribution in [0, 0.1) is 12.8 Å². The number of nitrogens with one attached hydrogen (secondary N) is 1. The molecule has 6 heteroatoms. The monoisotopic (exact) mass is 300 g/mol. The van der Waals surface area contributed by atoms with Gasteiger partial charge in [-0.15, -0.1) is 0 Å². The van der Waals surface area contributed by atoms with Gasteiger partial charge >= 0.3 is 0 Å². The van der Waals surface area contributed by atoms with Gasteiger partial charge < -0.3 is 14.7 Å². The van der Waals surface area contributed by atoms with E-state index in [0.29, 0.717) is 17.3 Å². The zero-order valence-electron chi connectivity index (χ0n) is 12.9. The van der Waals surface area contributed by atoms with Crippen LogP contribution in [0.2, 0.25) is 0 Å². The van der Waals surface area contributed by atoms with Gasteiger partial charge in [0.25, 0.3) is 5.91 Å². The zero-order chi connectivity index (χ0) is 15.5. The Kier molecular flexibility index (Phi) is 4.09. The number of hydrogen-bond donors (Lipinski definition) is 1. The Labute approximate surface area is 129 Å². The summed E-state index contributed by atoms with van der Waals surface area (Å²) in [5, 5.41) is 6.97. The number of aromatic nitrogens is 2. The van der Waals surface area contributed by atoms with Gasteiger partial charge in [0.2, 0.25) is 0 Å². The molecule has 0 bridgehead atoms. The average molecular weight is 300 g/mol. The number of hydrogen-bond acceptors (Lipinski definition) is 5. The van der Waals surface area contributed by atoms with Crippen LogP contribution in [0.5, 0.6) is 0 Å². The average Bonchev–Trinajstić information content (AvgIpc) is 2.93. The minimum Gasteiger partial charge on any atom is -0.360 e. The molecule has 1 fully saturated rings. The van der Waals surface area contributed by atoms with E-state index >= 15 is 0 Å². The molecule has 2 aromatic heterocycles. The van der Waals surface area contributed by atoms with E-state index < -0.39 is 0 Å². The largest absolute Gasteiger partial charge is 0.360 e. The van der Waals surface area contributed by atoms with E-state index in [-0.39, 0.29) is 5.91 Å². The number of aryl methyl sites for hydroxylation is 1. The SMILES string of the molecule is Cc1cc(Nc2cncc(C(=O)N3CCC(C)CC3)c2)no1. The molecule has 0 saturated carbocycles. The lowest BCUT2D eigenvalue weighted by Gasteiger charge is -2.30. The van der Waals surface area contributed by atoms with Crippen LogP contribution in [0.3, 0.4) is 0 Å². The second-order valence-electron chi connectivity index (χ2n) is 5.88. The minimum atomic E-state index is 0.0411. The molecule has 22 heavy (non-hydrogen) atoms. The van der Waals surface area contributed by atoms with Gasteiger partial charge in [-0.3, -0.25) is 9.78 Å². The smallest absolute Gasteiger partial charge is 0.255 e. The first kappa shape index (κ1) is 14.6. The molecule has 0 aromatic carbocycles. The highest BCUT2D eigenvalue weighted by atomic mass is 16.5. The highest BCUT2D eigenvalue weighted by Gasteiger charge is 2.21. The van der Waals surface area contributed by atoms with Crippen molar-refractivity contribution in [3.63, 3.8) is 0 Å². The molecule has 1 aliphatic rings. The molecule has 3 heterocycles. The minimum absolute atomic E-state index is 0.0411. The summed E-state index contributed by atoms with van der Waals surface area (Å²) < 4.78 is 5.01. The molecular weight excluding hydrogens is 280 g/mol. The van der Waals surface area contributed by atoms with E-state index in [0.717, 1.165) is 37.4 Å². The fraction of sp³-hybridized carbons (Fsp3) is 0.438. The third-order valence-corrected chi connectivity index (χ3v) is 3.96. The van der Waals surface area contributed by atoms with Gasteiger partial charge in [0.05, 0.1) is 17.4 Å². The van der Waals surface area contributed by atoms with E-state index in [4.69, 9.17) is 4.52 Å². The third kappa shape index (κ3) is 3.27. The van der Waals surface area contributed by atoms with Crippen LogP contribution < -0.4 is 5.32 Å². The molecule has 6 nitrogen and oxygen atoms in total. The van der Waals surface area contributed by atoms with Crippen molar-refractivity contribution in [2.45, 2.75) is 26.7 Å². The number of likely N-dealkylation sites (tertiary alicyclic amines) is 1. The van der Waals surface area contributed by atoms with E-state index in [1.807, 2.05) is 11.8 Å². The summed E-state index contributed by atoms with van der Waals surface area (Å²) >= 11 is 0. The van der Waals surface area contributed by atoms with Crippen LogP contribution in [0.1, 0.15) is 35.9 Å². The van der Waals surface area contributed by atoms with Crippen molar-refractivity contribution < 1.29 is 9.32 Å². The highest BCUT2D eigenvalue weighted by molar-refractivity contribution is 5.95. The van der Waals surface area contributed by atoms with E-state index in [2.05, 4.69) is 22.4 Å². The van der Waals surface area contributed by atoms with Crippen LogP contribution in [-0.2, 0) is 0 Å². The first-order valence-corrected chi connectivity index (χ1v) is 7.56. The molecule has 2 aromatic rings. The van der Waals surface area contributed by atoms with Crippen molar-refractivity contribution in [1.82, 2.24) is 15.0 Å².